The third-order valence-electron chi connectivity index (χ3n) is 2.69. The maximum absolute atomic E-state index is 13.7. The van der Waals surface area contributed by atoms with Crippen LogP contribution in [0.15, 0.2) is 18.2 Å². The van der Waals surface area contributed by atoms with E-state index in [9.17, 15) is 17.6 Å². The minimum absolute atomic E-state index is 0.125. The second kappa shape index (κ2) is 6.23. The summed E-state index contributed by atoms with van der Waals surface area (Å²) in [6.45, 7) is 2.42. The predicted octanol–water partition coefficient (Wildman–Crippen LogP) is 3.62. The second-order valence-corrected chi connectivity index (χ2v) is 4.50. The smallest absolute Gasteiger partial charge is 0.362 e. The van der Waals surface area contributed by atoms with E-state index >= 15 is 0 Å². The van der Waals surface area contributed by atoms with Gasteiger partial charge in [0.1, 0.15) is 12.4 Å². The lowest BCUT2D eigenvalue weighted by Gasteiger charge is -2.28. The molecule has 0 saturated heterocycles. The number of rotatable bonds is 5. The summed E-state index contributed by atoms with van der Waals surface area (Å²) in [7, 11) is 0. The SMILES string of the molecule is CCCN(CC(F)(F)F)c1cccc(F)c1[C@H](C)N. The Labute approximate surface area is 110 Å². The first-order chi connectivity index (χ1) is 8.76. The predicted molar refractivity (Wildman–Crippen MR) is 67.6 cm³/mol. The van der Waals surface area contributed by atoms with Crippen molar-refractivity contribution in [3.8, 4) is 0 Å². The average molecular weight is 278 g/mol. The molecule has 2 N–H and O–H groups in total. The maximum Gasteiger partial charge on any atom is 0.405 e. The van der Waals surface area contributed by atoms with Crippen molar-refractivity contribution < 1.29 is 17.6 Å². The Morgan fingerprint density at radius 2 is 1.95 bits per heavy atom. The van der Waals surface area contributed by atoms with Crippen LogP contribution in [0, 0.1) is 5.82 Å². The van der Waals surface area contributed by atoms with Crippen molar-refractivity contribution in [3.63, 3.8) is 0 Å². The summed E-state index contributed by atoms with van der Waals surface area (Å²) >= 11 is 0. The summed E-state index contributed by atoms with van der Waals surface area (Å²) in [6, 6.07) is 3.42. The van der Waals surface area contributed by atoms with Crippen LogP contribution < -0.4 is 10.6 Å². The molecule has 0 radical (unpaired) electrons. The zero-order valence-electron chi connectivity index (χ0n) is 11.0. The molecule has 1 rings (SSSR count). The van der Waals surface area contributed by atoms with E-state index in [1.165, 1.54) is 18.2 Å². The Kier molecular flexibility index (Phi) is 5.17. The molecule has 0 unspecified atom stereocenters. The molecule has 108 valence electrons. The summed E-state index contributed by atoms with van der Waals surface area (Å²) in [5, 5.41) is 0. The monoisotopic (exact) mass is 278 g/mol. The van der Waals surface area contributed by atoms with Gasteiger partial charge in [-0.15, -0.1) is 0 Å². The molecular formula is C13H18F4N2. The summed E-state index contributed by atoms with van der Waals surface area (Å²) in [5.41, 5.74) is 6.01. The quantitative estimate of drug-likeness (QED) is 0.833. The van der Waals surface area contributed by atoms with Crippen LogP contribution >= 0.6 is 0 Å². The topological polar surface area (TPSA) is 29.3 Å². The lowest BCUT2D eigenvalue weighted by atomic mass is 10.0. The molecule has 1 aromatic carbocycles. The number of anilines is 1. The Bertz CT molecular complexity index is 416. The van der Waals surface area contributed by atoms with Gasteiger partial charge in [-0.25, -0.2) is 4.39 Å². The third-order valence-corrected chi connectivity index (χ3v) is 2.69. The minimum Gasteiger partial charge on any atom is -0.362 e. The highest BCUT2D eigenvalue weighted by Crippen LogP contribution is 2.30. The molecule has 2 nitrogen and oxygen atoms in total. The molecular weight excluding hydrogens is 260 g/mol. The Morgan fingerprint density at radius 3 is 2.42 bits per heavy atom. The summed E-state index contributed by atoms with van der Waals surface area (Å²) < 4.78 is 51.5. The molecule has 0 aliphatic carbocycles. The fraction of sp³-hybridized carbons (Fsp3) is 0.538. The molecule has 0 aromatic heterocycles. The van der Waals surface area contributed by atoms with Gasteiger partial charge in [-0.3, -0.25) is 0 Å². The first-order valence-corrected chi connectivity index (χ1v) is 6.12. The number of nitrogens with two attached hydrogens (primary N) is 1. The van der Waals surface area contributed by atoms with Crippen molar-refractivity contribution >= 4 is 5.69 Å². The van der Waals surface area contributed by atoms with Crippen LogP contribution in [0.2, 0.25) is 0 Å². The minimum atomic E-state index is -4.34. The average Bonchev–Trinajstić information content (AvgIpc) is 2.25. The van der Waals surface area contributed by atoms with E-state index in [2.05, 4.69) is 0 Å². The molecule has 0 saturated carbocycles. The van der Waals surface area contributed by atoms with Gasteiger partial charge < -0.3 is 10.6 Å². The van der Waals surface area contributed by atoms with Gasteiger partial charge in [0.2, 0.25) is 0 Å². The van der Waals surface area contributed by atoms with Crippen molar-refractivity contribution in [2.75, 3.05) is 18.0 Å². The highest BCUT2D eigenvalue weighted by molar-refractivity contribution is 5.55. The highest BCUT2D eigenvalue weighted by atomic mass is 19.4. The fourth-order valence-electron chi connectivity index (χ4n) is 2.02. The Morgan fingerprint density at radius 1 is 1.32 bits per heavy atom. The number of halogens is 4. The van der Waals surface area contributed by atoms with Crippen LogP contribution in [-0.2, 0) is 0 Å². The van der Waals surface area contributed by atoms with Crippen LogP contribution in [0.5, 0.6) is 0 Å². The lowest BCUT2D eigenvalue weighted by Crippen LogP contribution is -2.36. The van der Waals surface area contributed by atoms with E-state index in [1.807, 2.05) is 0 Å². The van der Waals surface area contributed by atoms with E-state index < -0.39 is 24.6 Å². The summed E-state index contributed by atoms with van der Waals surface area (Å²) in [6.07, 6.45) is -3.80. The van der Waals surface area contributed by atoms with Crippen LogP contribution in [0.1, 0.15) is 31.9 Å². The molecule has 0 heterocycles. The zero-order chi connectivity index (χ0) is 14.6. The molecule has 0 bridgehead atoms. The Hall–Kier alpha value is -1.30. The lowest BCUT2D eigenvalue weighted by molar-refractivity contribution is -0.119. The zero-order valence-corrected chi connectivity index (χ0v) is 11.0. The van der Waals surface area contributed by atoms with E-state index in [0.717, 1.165) is 4.90 Å². The van der Waals surface area contributed by atoms with Crippen LogP contribution in [-0.4, -0.2) is 19.3 Å². The first kappa shape index (κ1) is 15.8. The second-order valence-electron chi connectivity index (χ2n) is 4.50. The summed E-state index contributed by atoms with van der Waals surface area (Å²) in [4.78, 5) is 1.13. The van der Waals surface area contributed by atoms with Gasteiger partial charge in [-0.1, -0.05) is 13.0 Å². The highest BCUT2D eigenvalue weighted by Gasteiger charge is 2.32. The molecule has 0 aliphatic rings. The number of nitrogens with zero attached hydrogens (tertiary/aromatic N) is 1. The molecule has 1 atom stereocenters. The molecule has 19 heavy (non-hydrogen) atoms. The van der Waals surface area contributed by atoms with Crippen molar-refractivity contribution in [1.82, 2.24) is 0 Å². The molecule has 0 fully saturated rings. The molecule has 0 aliphatic heterocycles. The number of hydrogen-bond donors (Lipinski definition) is 1. The normalized spacial score (nSPS) is 13.4. The van der Waals surface area contributed by atoms with Gasteiger partial charge >= 0.3 is 6.18 Å². The van der Waals surface area contributed by atoms with Gasteiger partial charge in [-0.2, -0.15) is 13.2 Å². The third kappa shape index (κ3) is 4.38. The first-order valence-electron chi connectivity index (χ1n) is 6.12. The van der Waals surface area contributed by atoms with Crippen LogP contribution in [0.4, 0.5) is 23.2 Å². The van der Waals surface area contributed by atoms with Crippen LogP contribution in [0.3, 0.4) is 0 Å². The fourth-order valence-corrected chi connectivity index (χ4v) is 2.02. The number of benzene rings is 1. The van der Waals surface area contributed by atoms with E-state index in [4.69, 9.17) is 5.73 Å². The number of hydrogen-bond acceptors (Lipinski definition) is 2. The molecule has 1 aromatic rings. The van der Waals surface area contributed by atoms with E-state index in [1.54, 1.807) is 13.8 Å². The number of alkyl halides is 3. The van der Waals surface area contributed by atoms with Gasteiger partial charge in [-0.05, 0) is 25.5 Å². The van der Waals surface area contributed by atoms with Crippen LogP contribution in [0.25, 0.3) is 0 Å². The van der Waals surface area contributed by atoms with E-state index in [-0.39, 0.29) is 17.8 Å². The van der Waals surface area contributed by atoms with Crippen molar-refractivity contribution in [2.45, 2.75) is 32.5 Å². The Balaban J connectivity index is 3.18. The van der Waals surface area contributed by atoms with E-state index in [0.29, 0.717) is 6.42 Å². The molecule has 0 spiro atoms. The summed E-state index contributed by atoms with van der Waals surface area (Å²) in [5.74, 6) is -0.573. The van der Waals surface area contributed by atoms with Gasteiger partial charge in [0, 0.05) is 23.8 Å². The molecule has 6 heteroatoms. The van der Waals surface area contributed by atoms with Gasteiger partial charge in [0.25, 0.3) is 0 Å². The van der Waals surface area contributed by atoms with Crippen molar-refractivity contribution in [1.29, 1.82) is 0 Å². The molecule has 0 amide bonds. The van der Waals surface area contributed by atoms with Crippen molar-refractivity contribution in [2.24, 2.45) is 5.73 Å². The standard InChI is InChI=1S/C13H18F4N2/c1-3-7-19(8-13(15,16)17)11-6-4-5-10(14)12(11)9(2)18/h4-6,9H,3,7-8,18H2,1-2H3/t9-/m0/s1. The van der Waals surface area contributed by atoms with Gasteiger partial charge in [0.05, 0.1) is 0 Å². The van der Waals surface area contributed by atoms with Gasteiger partial charge in [0.15, 0.2) is 0 Å². The van der Waals surface area contributed by atoms with Crippen molar-refractivity contribution in [3.05, 3.63) is 29.6 Å². The maximum atomic E-state index is 13.7. The largest absolute Gasteiger partial charge is 0.405 e.